The van der Waals surface area contributed by atoms with E-state index in [0.717, 1.165) is 25.9 Å². The van der Waals surface area contributed by atoms with E-state index < -0.39 is 0 Å². The minimum absolute atomic E-state index is 0.0268. The molecular formula is C40H45N2+. The van der Waals surface area contributed by atoms with Gasteiger partial charge in [0.1, 0.15) is 6.54 Å². The number of hydrogen-bond donors (Lipinski definition) is 0. The van der Waals surface area contributed by atoms with Crippen LogP contribution < -0.4 is 4.90 Å². The molecule has 6 rings (SSSR count). The summed E-state index contributed by atoms with van der Waals surface area (Å²) in [7, 11) is 0. The highest BCUT2D eigenvalue weighted by molar-refractivity contribution is 6.03. The van der Waals surface area contributed by atoms with E-state index in [9.17, 15) is 0 Å². The van der Waals surface area contributed by atoms with E-state index in [2.05, 4.69) is 154 Å². The summed E-state index contributed by atoms with van der Waals surface area (Å²) in [4.78, 5) is 2.50. The SMILES string of the molecule is CCN1C(=CC=C2CCCC(C=CC3=[N+](CC)c4ccccc4C3(C)C)=C2c2ccccc2)C(C)(C)c2ccccc21. The topological polar surface area (TPSA) is 6.25 Å². The van der Waals surface area contributed by atoms with E-state index in [-0.39, 0.29) is 10.8 Å². The summed E-state index contributed by atoms with van der Waals surface area (Å²) >= 11 is 0. The molecule has 3 aromatic rings. The van der Waals surface area contributed by atoms with Crippen molar-refractivity contribution in [2.45, 2.75) is 71.6 Å². The van der Waals surface area contributed by atoms with Crippen molar-refractivity contribution in [1.29, 1.82) is 0 Å². The van der Waals surface area contributed by atoms with Crippen LogP contribution in [0.25, 0.3) is 5.57 Å². The number of hydrogen-bond acceptors (Lipinski definition) is 1. The second kappa shape index (κ2) is 11.1. The first-order valence-electron chi connectivity index (χ1n) is 15.8. The number of anilines is 1. The Morgan fingerprint density at radius 2 is 1.43 bits per heavy atom. The third kappa shape index (κ3) is 4.62. The van der Waals surface area contributed by atoms with Crippen LogP contribution in [-0.2, 0) is 10.8 Å². The number of benzene rings is 3. The van der Waals surface area contributed by atoms with E-state index >= 15 is 0 Å². The molecule has 3 aromatic carbocycles. The lowest BCUT2D eigenvalue weighted by Gasteiger charge is -2.27. The Balaban J connectivity index is 1.45. The van der Waals surface area contributed by atoms with Gasteiger partial charge in [-0.25, -0.2) is 0 Å². The Hall–Kier alpha value is -3.91. The van der Waals surface area contributed by atoms with Crippen LogP contribution in [0.15, 0.2) is 120 Å². The van der Waals surface area contributed by atoms with Gasteiger partial charge in [0.2, 0.25) is 5.69 Å². The first kappa shape index (κ1) is 28.2. The van der Waals surface area contributed by atoms with Crippen molar-refractivity contribution in [2.75, 3.05) is 18.0 Å². The zero-order chi connectivity index (χ0) is 29.5. The molecule has 0 atom stereocenters. The lowest BCUT2D eigenvalue weighted by atomic mass is 9.79. The molecule has 2 heterocycles. The molecule has 0 spiro atoms. The average molecular weight is 554 g/mol. The number of para-hydroxylation sites is 2. The third-order valence-corrected chi connectivity index (χ3v) is 9.71. The standard InChI is InChI=1S/C40H45N2/c1-7-41-34-23-14-12-21-32(34)39(3,4)36(41)27-25-30-19-16-20-31(38(30)29-17-10-9-11-18-29)26-28-37-40(5,6)33-22-13-15-24-35(33)42(37)8-2/h9-15,17-18,21-28H,7-8,16,19-20H2,1-6H3/q+1. The van der Waals surface area contributed by atoms with Crippen LogP contribution in [0.5, 0.6) is 0 Å². The van der Waals surface area contributed by atoms with Gasteiger partial charge >= 0.3 is 0 Å². The van der Waals surface area contributed by atoms with Gasteiger partial charge in [0.05, 0.1) is 5.41 Å². The van der Waals surface area contributed by atoms with E-state index in [1.54, 1.807) is 0 Å². The van der Waals surface area contributed by atoms with Gasteiger partial charge < -0.3 is 4.90 Å². The summed E-state index contributed by atoms with van der Waals surface area (Å²) in [6, 6.07) is 28.8. The van der Waals surface area contributed by atoms with Crippen molar-refractivity contribution >= 4 is 22.7 Å². The van der Waals surface area contributed by atoms with Crippen molar-refractivity contribution < 1.29 is 4.58 Å². The highest BCUT2D eigenvalue weighted by Gasteiger charge is 2.43. The van der Waals surface area contributed by atoms with Gasteiger partial charge in [0.15, 0.2) is 5.71 Å². The number of allylic oxidation sites excluding steroid dienone is 8. The molecule has 0 bridgehead atoms. The van der Waals surface area contributed by atoms with E-state index in [1.165, 1.54) is 62.6 Å². The van der Waals surface area contributed by atoms with Gasteiger partial charge in [-0.1, -0.05) is 92.7 Å². The predicted octanol–water partition coefficient (Wildman–Crippen LogP) is 9.90. The van der Waals surface area contributed by atoms with Gasteiger partial charge in [-0.05, 0) is 86.9 Å². The monoisotopic (exact) mass is 553 g/mol. The Bertz CT molecular complexity index is 1660. The first-order chi connectivity index (χ1) is 20.3. The molecule has 0 amide bonds. The van der Waals surface area contributed by atoms with E-state index in [1.807, 2.05) is 0 Å². The second-order valence-electron chi connectivity index (χ2n) is 12.9. The minimum atomic E-state index is -0.0268. The maximum Gasteiger partial charge on any atom is 0.209 e. The lowest BCUT2D eigenvalue weighted by molar-refractivity contribution is -0.433. The molecule has 0 N–H and O–H groups in total. The fourth-order valence-corrected chi connectivity index (χ4v) is 7.56. The molecule has 0 fully saturated rings. The van der Waals surface area contributed by atoms with Crippen LogP contribution in [-0.4, -0.2) is 23.4 Å². The smallest absolute Gasteiger partial charge is 0.209 e. The molecule has 0 aromatic heterocycles. The largest absolute Gasteiger partial charge is 0.344 e. The van der Waals surface area contributed by atoms with Gasteiger partial charge in [-0.15, -0.1) is 0 Å². The number of rotatable bonds is 6. The van der Waals surface area contributed by atoms with Crippen molar-refractivity contribution in [2.24, 2.45) is 0 Å². The zero-order valence-electron chi connectivity index (χ0n) is 26.2. The summed E-state index contributed by atoms with van der Waals surface area (Å²) in [5.74, 6) is 0. The summed E-state index contributed by atoms with van der Waals surface area (Å²) in [6.07, 6.45) is 13.1. The average Bonchev–Trinajstić information content (AvgIpc) is 3.37. The van der Waals surface area contributed by atoms with Crippen molar-refractivity contribution in [1.82, 2.24) is 0 Å². The Labute approximate surface area is 253 Å². The normalized spacial score (nSPS) is 21.1. The molecule has 214 valence electrons. The van der Waals surface area contributed by atoms with E-state index in [4.69, 9.17) is 0 Å². The molecule has 0 saturated carbocycles. The zero-order valence-corrected chi connectivity index (χ0v) is 26.2. The Morgan fingerprint density at radius 1 is 0.738 bits per heavy atom. The van der Waals surface area contributed by atoms with Crippen LogP contribution in [0.3, 0.4) is 0 Å². The maximum atomic E-state index is 2.50. The van der Waals surface area contributed by atoms with Crippen molar-refractivity contribution in [3.8, 4) is 0 Å². The van der Waals surface area contributed by atoms with Crippen LogP contribution in [0.2, 0.25) is 0 Å². The molecule has 0 radical (unpaired) electrons. The number of likely N-dealkylation sites (N-methyl/N-ethyl adjacent to an activating group) is 1. The summed E-state index contributed by atoms with van der Waals surface area (Å²) in [5.41, 5.74) is 13.8. The molecular weight excluding hydrogens is 508 g/mol. The van der Waals surface area contributed by atoms with Gasteiger partial charge in [0.25, 0.3) is 0 Å². The summed E-state index contributed by atoms with van der Waals surface area (Å²) in [5, 5.41) is 0. The quantitative estimate of drug-likeness (QED) is 0.275. The number of fused-ring (bicyclic) bond motifs is 2. The second-order valence-corrected chi connectivity index (χ2v) is 12.9. The van der Waals surface area contributed by atoms with Crippen molar-refractivity contribution in [3.63, 3.8) is 0 Å². The van der Waals surface area contributed by atoms with Crippen LogP contribution >= 0.6 is 0 Å². The summed E-state index contributed by atoms with van der Waals surface area (Å²) < 4.78 is 2.50. The minimum Gasteiger partial charge on any atom is -0.344 e. The van der Waals surface area contributed by atoms with Crippen molar-refractivity contribution in [3.05, 3.63) is 137 Å². The molecule has 1 aliphatic carbocycles. The lowest BCUT2D eigenvalue weighted by Crippen LogP contribution is -2.27. The van der Waals surface area contributed by atoms with E-state index in [0.29, 0.717) is 0 Å². The highest BCUT2D eigenvalue weighted by atomic mass is 15.2. The summed E-state index contributed by atoms with van der Waals surface area (Å²) in [6.45, 7) is 15.9. The number of nitrogens with zero attached hydrogens (tertiary/aromatic N) is 2. The van der Waals surface area contributed by atoms with Gasteiger partial charge in [-0.3, -0.25) is 0 Å². The third-order valence-electron chi connectivity index (χ3n) is 9.71. The fraction of sp³-hybridized carbons (Fsp3) is 0.325. The molecule has 42 heavy (non-hydrogen) atoms. The maximum absolute atomic E-state index is 2.50. The van der Waals surface area contributed by atoms with Crippen LogP contribution in [0, 0.1) is 0 Å². The molecule has 0 unspecified atom stereocenters. The Morgan fingerprint density at radius 3 is 2.17 bits per heavy atom. The molecule has 0 saturated heterocycles. The molecule has 2 nitrogen and oxygen atoms in total. The predicted molar refractivity (Wildman–Crippen MR) is 180 cm³/mol. The molecule has 2 aliphatic heterocycles. The van der Waals surface area contributed by atoms with Crippen LogP contribution in [0.1, 0.15) is 77.5 Å². The fourth-order valence-electron chi connectivity index (χ4n) is 7.56. The molecule has 2 heteroatoms. The Kier molecular flexibility index (Phi) is 7.43. The highest BCUT2D eigenvalue weighted by Crippen LogP contribution is 2.48. The first-order valence-corrected chi connectivity index (χ1v) is 15.8. The molecule has 3 aliphatic rings. The van der Waals surface area contributed by atoms with Gasteiger partial charge in [-0.2, -0.15) is 4.58 Å². The van der Waals surface area contributed by atoms with Crippen LogP contribution in [0.4, 0.5) is 11.4 Å². The van der Waals surface area contributed by atoms with Gasteiger partial charge in [0, 0.05) is 41.1 Å².